The first-order valence-corrected chi connectivity index (χ1v) is 12.1. The molecule has 0 aliphatic carbocycles. The lowest BCUT2D eigenvalue weighted by atomic mass is 9.91. The van der Waals surface area contributed by atoms with Crippen molar-refractivity contribution in [3.05, 3.63) is 101 Å². The standard InChI is InChI=1S/C23H16Cl2F3N3O2S/c24-18-10-6-16(7-11-18)21-20(15-4-2-1-3-5-15)14-31(29-21)22(25)30-34(32,33)19-12-8-17(9-13-19)23(26,27)28/h1-13,20H,14H2. The highest BCUT2D eigenvalue weighted by molar-refractivity contribution is 7.90. The van der Waals surface area contributed by atoms with Gasteiger partial charge in [0, 0.05) is 10.9 Å². The van der Waals surface area contributed by atoms with Crippen LogP contribution in [0.3, 0.4) is 0 Å². The fourth-order valence-electron chi connectivity index (χ4n) is 3.46. The summed E-state index contributed by atoms with van der Waals surface area (Å²) in [4.78, 5) is -0.417. The molecule has 1 aliphatic rings. The van der Waals surface area contributed by atoms with E-state index in [0.717, 1.165) is 23.3 Å². The zero-order valence-corrected chi connectivity index (χ0v) is 19.6. The smallest absolute Gasteiger partial charge is 0.236 e. The number of hydrogen-bond donors (Lipinski definition) is 0. The molecule has 0 aromatic heterocycles. The average molecular weight is 526 g/mol. The third-order valence-corrected chi connectivity index (χ3v) is 7.06. The Balaban J connectivity index is 1.66. The lowest BCUT2D eigenvalue weighted by Crippen LogP contribution is -2.23. The van der Waals surface area contributed by atoms with Crippen LogP contribution in [0.5, 0.6) is 0 Å². The van der Waals surface area contributed by atoms with Gasteiger partial charge in [-0.1, -0.05) is 54.1 Å². The minimum Gasteiger partial charge on any atom is -0.236 e. The topological polar surface area (TPSA) is 62.1 Å². The van der Waals surface area contributed by atoms with Gasteiger partial charge >= 0.3 is 6.18 Å². The van der Waals surface area contributed by atoms with E-state index in [1.165, 1.54) is 5.01 Å². The van der Waals surface area contributed by atoms with Gasteiger partial charge < -0.3 is 0 Å². The molecule has 176 valence electrons. The molecule has 0 radical (unpaired) electrons. The average Bonchev–Trinajstić information content (AvgIpc) is 3.25. The fourth-order valence-corrected chi connectivity index (χ4v) is 4.84. The van der Waals surface area contributed by atoms with Crippen LogP contribution >= 0.6 is 23.2 Å². The molecule has 34 heavy (non-hydrogen) atoms. The molecule has 1 heterocycles. The molecule has 0 amide bonds. The molecular weight excluding hydrogens is 510 g/mol. The van der Waals surface area contributed by atoms with E-state index in [0.29, 0.717) is 22.9 Å². The van der Waals surface area contributed by atoms with Crippen molar-refractivity contribution in [3.63, 3.8) is 0 Å². The Bertz CT molecular complexity index is 1340. The van der Waals surface area contributed by atoms with E-state index in [4.69, 9.17) is 23.2 Å². The zero-order valence-electron chi connectivity index (χ0n) is 17.2. The van der Waals surface area contributed by atoms with Crippen molar-refractivity contribution in [1.82, 2.24) is 5.01 Å². The van der Waals surface area contributed by atoms with Gasteiger partial charge in [-0.25, -0.2) is 5.01 Å². The van der Waals surface area contributed by atoms with Crippen molar-refractivity contribution in [2.75, 3.05) is 6.54 Å². The van der Waals surface area contributed by atoms with Crippen molar-refractivity contribution in [2.24, 2.45) is 9.50 Å². The van der Waals surface area contributed by atoms with Crippen LogP contribution in [0.2, 0.25) is 5.02 Å². The van der Waals surface area contributed by atoms with Crippen LogP contribution in [-0.4, -0.2) is 31.0 Å². The van der Waals surface area contributed by atoms with E-state index in [1.807, 2.05) is 30.3 Å². The third-order valence-electron chi connectivity index (χ3n) is 5.14. The summed E-state index contributed by atoms with van der Waals surface area (Å²) in [6.45, 7) is 0.215. The van der Waals surface area contributed by atoms with Crippen LogP contribution in [-0.2, 0) is 16.2 Å². The largest absolute Gasteiger partial charge is 0.416 e. The molecule has 0 saturated carbocycles. The summed E-state index contributed by atoms with van der Waals surface area (Å²) in [5.74, 6) is -0.236. The maximum atomic E-state index is 12.8. The van der Waals surface area contributed by atoms with Crippen molar-refractivity contribution in [1.29, 1.82) is 0 Å². The van der Waals surface area contributed by atoms with Crippen LogP contribution in [0, 0.1) is 0 Å². The van der Waals surface area contributed by atoms with Crippen molar-refractivity contribution >= 4 is 44.2 Å². The summed E-state index contributed by atoms with van der Waals surface area (Å²) >= 11 is 12.2. The second-order valence-electron chi connectivity index (χ2n) is 7.40. The van der Waals surface area contributed by atoms with Gasteiger partial charge in [0.1, 0.15) is 0 Å². The SMILES string of the molecule is O=S(=O)(N=C(Cl)N1CC(c2ccccc2)C(c2ccc(Cl)cc2)=N1)c1ccc(C(F)(F)F)cc1. The molecule has 11 heteroatoms. The molecule has 3 aromatic rings. The van der Waals surface area contributed by atoms with Gasteiger partial charge in [0.2, 0.25) is 5.29 Å². The summed E-state index contributed by atoms with van der Waals surface area (Å²) < 4.78 is 67.2. The molecule has 5 nitrogen and oxygen atoms in total. The van der Waals surface area contributed by atoms with Gasteiger partial charge in [-0.3, -0.25) is 0 Å². The van der Waals surface area contributed by atoms with Gasteiger partial charge in [-0.05, 0) is 59.1 Å². The number of alkyl halides is 3. The fraction of sp³-hybridized carbons (Fsp3) is 0.130. The number of sulfonamides is 1. The van der Waals surface area contributed by atoms with Crippen molar-refractivity contribution in [3.8, 4) is 0 Å². The summed E-state index contributed by atoms with van der Waals surface area (Å²) in [5, 5.41) is 5.88. The number of benzene rings is 3. The Morgan fingerprint density at radius 1 is 0.971 bits per heavy atom. The number of hydrazone groups is 1. The highest BCUT2D eigenvalue weighted by atomic mass is 35.5. The lowest BCUT2D eigenvalue weighted by Gasteiger charge is -2.15. The molecule has 0 fully saturated rings. The van der Waals surface area contributed by atoms with E-state index in [9.17, 15) is 21.6 Å². The number of amidine groups is 1. The molecular formula is C23H16Cl2F3N3O2S. The van der Waals surface area contributed by atoms with Crippen LogP contribution in [0.25, 0.3) is 0 Å². The van der Waals surface area contributed by atoms with Gasteiger partial charge in [0.15, 0.2) is 0 Å². The van der Waals surface area contributed by atoms with Gasteiger partial charge in [0.25, 0.3) is 10.0 Å². The Kier molecular flexibility index (Phi) is 6.71. The predicted octanol–water partition coefficient (Wildman–Crippen LogP) is 6.15. The molecule has 1 unspecified atom stereocenters. The highest BCUT2D eigenvalue weighted by Crippen LogP contribution is 2.32. The molecule has 4 rings (SSSR count). The number of rotatable bonds is 4. The quantitative estimate of drug-likeness (QED) is 0.233. The first kappa shape index (κ1) is 24.3. The maximum Gasteiger partial charge on any atom is 0.416 e. The molecule has 0 bridgehead atoms. The number of hydrogen-bond acceptors (Lipinski definition) is 3. The summed E-state index contributed by atoms with van der Waals surface area (Å²) in [6, 6.07) is 19.5. The monoisotopic (exact) mass is 525 g/mol. The number of nitrogens with zero attached hydrogens (tertiary/aromatic N) is 3. The minimum absolute atomic E-state index is 0.215. The van der Waals surface area contributed by atoms with Crippen LogP contribution in [0.4, 0.5) is 13.2 Å². The van der Waals surface area contributed by atoms with Gasteiger partial charge in [0.05, 0.1) is 22.7 Å². The maximum absolute atomic E-state index is 12.8. The van der Waals surface area contributed by atoms with E-state index in [2.05, 4.69) is 9.50 Å². The van der Waals surface area contributed by atoms with E-state index < -0.39 is 32.0 Å². The minimum atomic E-state index is -4.59. The summed E-state index contributed by atoms with van der Waals surface area (Å²) in [7, 11) is -4.37. The van der Waals surface area contributed by atoms with Crippen LogP contribution in [0.15, 0.2) is 93.3 Å². The Morgan fingerprint density at radius 2 is 1.59 bits per heavy atom. The normalized spacial score (nSPS) is 17.1. The van der Waals surface area contributed by atoms with Crippen LogP contribution < -0.4 is 0 Å². The Hall–Kier alpha value is -2.88. The molecule has 0 saturated heterocycles. The second-order valence-corrected chi connectivity index (χ2v) is 9.77. The van der Waals surface area contributed by atoms with Crippen molar-refractivity contribution < 1.29 is 21.6 Å². The van der Waals surface area contributed by atoms with E-state index in [-0.39, 0.29) is 12.5 Å². The van der Waals surface area contributed by atoms with E-state index in [1.54, 1.807) is 24.3 Å². The third kappa shape index (κ3) is 5.27. The summed E-state index contributed by atoms with van der Waals surface area (Å²) in [6.07, 6.45) is -4.59. The molecule has 0 spiro atoms. The van der Waals surface area contributed by atoms with Crippen LogP contribution in [0.1, 0.15) is 22.6 Å². The Morgan fingerprint density at radius 3 is 2.18 bits per heavy atom. The second kappa shape index (κ2) is 9.40. The summed E-state index contributed by atoms with van der Waals surface area (Å²) in [5.41, 5.74) is 1.39. The van der Waals surface area contributed by atoms with E-state index >= 15 is 0 Å². The lowest BCUT2D eigenvalue weighted by molar-refractivity contribution is -0.137. The molecule has 1 aliphatic heterocycles. The first-order valence-electron chi connectivity index (χ1n) is 9.89. The first-order chi connectivity index (χ1) is 16.0. The number of halogens is 5. The molecule has 3 aromatic carbocycles. The molecule has 0 N–H and O–H groups in total. The zero-order chi connectivity index (χ0) is 24.5. The Labute approximate surface area is 204 Å². The van der Waals surface area contributed by atoms with Crippen molar-refractivity contribution in [2.45, 2.75) is 17.0 Å². The van der Waals surface area contributed by atoms with Gasteiger partial charge in [-0.2, -0.15) is 26.7 Å². The molecule has 1 atom stereocenters. The van der Waals surface area contributed by atoms with Gasteiger partial charge in [-0.15, -0.1) is 4.40 Å². The highest BCUT2D eigenvalue weighted by Gasteiger charge is 2.33. The predicted molar refractivity (Wildman–Crippen MR) is 126 cm³/mol.